The highest BCUT2D eigenvalue weighted by Crippen LogP contribution is 2.38. The van der Waals surface area contributed by atoms with Crippen molar-refractivity contribution < 1.29 is 9.90 Å². The van der Waals surface area contributed by atoms with Gasteiger partial charge in [-0.15, -0.1) is 0 Å². The van der Waals surface area contributed by atoms with Gasteiger partial charge in [0.05, 0.1) is 0 Å². The second kappa shape index (κ2) is 7.40. The summed E-state index contributed by atoms with van der Waals surface area (Å²) in [4.78, 5) is 11.3. The van der Waals surface area contributed by atoms with Crippen LogP contribution in [0.3, 0.4) is 0 Å². The fourth-order valence-electron chi connectivity index (χ4n) is 3.49. The zero-order valence-corrected chi connectivity index (χ0v) is 16.4. The molecule has 0 saturated heterocycles. The van der Waals surface area contributed by atoms with Crippen molar-refractivity contribution in [1.82, 2.24) is 0 Å². The molecule has 0 spiro atoms. The third kappa shape index (κ3) is 4.11. The largest absolute Gasteiger partial charge is 0.508 e. The molecule has 0 aromatic heterocycles. The highest BCUT2D eigenvalue weighted by Gasteiger charge is 2.27. The summed E-state index contributed by atoms with van der Waals surface area (Å²) in [5.41, 5.74) is 5.15. The molecule has 0 bridgehead atoms. The molecule has 2 aromatic carbocycles. The van der Waals surface area contributed by atoms with Crippen molar-refractivity contribution in [3.8, 4) is 5.75 Å². The molecular weight excluding hydrogens is 332 g/mol. The molecule has 2 nitrogen and oxygen atoms in total. The molecule has 1 atom stereocenters. The molecule has 2 aromatic rings. The van der Waals surface area contributed by atoms with E-state index < -0.39 is 0 Å². The number of hydrogen-bond donors (Lipinski definition) is 1. The lowest BCUT2D eigenvalue weighted by molar-refractivity contribution is -0.110. The number of phenols is 1. The Morgan fingerprint density at radius 1 is 1.00 bits per heavy atom. The molecule has 1 aliphatic carbocycles. The Hall–Kier alpha value is -2.87. The Kier molecular flexibility index (Phi) is 5.18. The van der Waals surface area contributed by atoms with Crippen molar-refractivity contribution in [3.05, 3.63) is 101 Å². The molecular formula is C25H26O2. The highest BCUT2D eigenvalue weighted by molar-refractivity contribution is 6.01. The van der Waals surface area contributed by atoms with Gasteiger partial charge in [0.25, 0.3) is 0 Å². The monoisotopic (exact) mass is 358 g/mol. The first-order chi connectivity index (χ1) is 12.8. The molecule has 1 aliphatic rings. The SMILES string of the molecule is Cc1cccc(C(C)(C)c2cc(C(C)C=C3C=CC(=O)C=C3)ccc2O)c1. The molecule has 1 N–H and O–H groups in total. The Balaban J connectivity index is 1.97. The summed E-state index contributed by atoms with van der Waals surface area (Å²) in [5.74, 6) is 0.495. The van der Waals surface area contributed by atoms with Crippen molar-refractivity contribution in [2.75, 3.05) is 0 Å². The van der Waals surface area contributed by atoms with Gasteiger partial charge >= 0.3 is 0 Å². The van der Waals surface area contributed by atoms with Crippen LogP contribution in [0.25, 0.3) is 0 Å². The maximum absolute atomic E-state index is 11.3. The van der Waals surface area contributed by atoms with Crippen molar-refractivity contribution in [1.29, 1.82) is 0 Å². The van der Waals surface area contributed by atoms with Gasteiger partial charge < -0.3 is 5.11 Å². The van der Waals surface area contributed by atoms with Crippen molar-refractivity contribution in [3.63, 3.8) is 0 Å². The zero-order chi connectivity index (χ0) is 19.6. The average Bonchev–Trinajstić information content (AvgIpc) is 2.63. The van der Waals surface area contributed by atoms with E-state index in [1.807, 2.05) is 18.2 Å². The second-order valence-corrected chi connectivity index (χ2v) is 7.80. The van der Waals surface area contributed by atoms with Gasteiger partial charge in [-0.2, -0.15) is 0 Å². The van der Waals surface area contributed by atoms with Crippen LogP contribution in [0.15, 0.2) is 78.4 Å². The topological polar surface area (TPSA) is 37.3 Å². The summed E-state index contributed by atoms with van der Waals surface area (Å²) < 4.78 is 0. The fraction of sp³-hybridized carbons (Fsp3) is 0.240. The maximum Gasteiger partial charge on any atom is 0.178 e. The smallest absolute Gasteiger partial charge is 0.178 e. The van der Waals surface area contributed by atoms with E-state index in [-0.39, 0.29) is 17.1 Å². The first-order valence-corrected chi connectivity index (χ1v) is 9.30. The van der Waals surface area contributed by atoms with Crippen LogP contribution in [-0.2, 0) is 10.2 Å². The predicted molar refractivity (Wildman–Crippen MR) is 111 cm³/mol. The maximum atomic E-state index is 11.3. The summed E-state index contributed by atoms with van der Waals surface area (Å²) >= 11 is 0. The van der Waals surface area contributed by atoms with E-state index >= 15 is 0 Å². The van der Waals surface area contributed by atoms with Gasteiger partial charge in [0.15, 0.2) is 5.78 Å². The number of carbonyl (C=O) groups excluding carboxylic acids is 1. The number of aromatic hydroxyl groups is 1. The van der Waals surface area contributed by atoms with Gasteiger partial charge in [0.1, 0.15) is 5.75 Å². The van der Waals surface area contributed by atoms with Gasteiger partial charge in [0.2, 0.25) is 0 Å². The molecule has 0 saturated carbocycles. The average molecular weight is 358 g/mol. The summed E-state index contributed by atoms with van der Waals surface area (Å²) in [5, 5.41) is 10.6. The molecule has 0 radical (unpaired) electrons. The molecule has 0 heterocycles. The Bertz CT molecular complexity index is 940. The van der Waals surface area contributed by atoms with Gasteiger partial charge in [-0.1, -0.05) is 81.0 Å². The van der Waals surface area contributed by atoms with Crippen LogP contribution in [0.5, 0.6) is 5.75 Å². The minimum atomic E-state index is -0.309. The summed E-state index contributed by atoms with van der Waals surface area (Å²) in [6, 6.07) is 14.3. The van der Waals surface area contributed by atoms with E-state index in [0.717, 1.165) is 16.7 Å². The van der Waals surface area contributed by atoms with Gasteiger partial charge in [-0.05, 0) is 47.8 Å². The van der Waals surface area contributed by atoms with Crippen LogP contribution < -0.4 is 0 Å². The minimum absolute atomic E-state index is 0.0200. The Morgan fingerprint density at radius 2 is 1.70 bits per heavy atom. The van der Waals surface area contributed by atoms with Gasteiger partial charge in [-0.3, -0.25) is 4.79 Å². The lowest BCUT2D eigenvalue weighted by atomic mass is 9.76. The van der Waals surface area contributed by atoms with E-state index in [9.17, 15) is 9.90 Å². The molecule has 2 heteroatoms. The van der Waals surface area contributed by atoms with Crippen molar-refractivity contribution in [2.24, 2.45) is 0 Å². The number of phenolic OH excluding ortho intramolecular Hbond substituents is 1. The third-order valence-electron chi connectivity index (χ3n) is 5.28. The van der Waals surface area contributed by atoms with Crippen LogP contribution in [-0.4, -0.2) is 10.9 Å². The van der Waals surface area contributed by atoms with Crippen LogP contribution >= 0.6 is 0 Å². The number of carbonyl (C=O) groups is 1. The third-order valence-corrected chi connectivity index (χ3v) is 5.28. The first-order valence-electron chi connectivity index (χ1n) is 9.30. The predicted octanol–water partition coefficient (Wildman–Crippen LogP) is 5.75. The molecule has 0 amide bonds. The molecule has 3 rings (SSSR count). The molecule has 0 aliphatic heterocycles. The zero-order valence-electron chi connectivity index (χ0n) is 16.4. The Labute approximate surface area is 161 Å². The molecule has 1 unspecified atom stereocenters. The summed E-state index contributed by atoms with van der Waals surface area (Å²) in [6.07, 6.45) is 8.99. The minimum Gasteiger partial charge on any atom is -0.508 e. The molecule has 138 valence electrons. The van der Waals surface area contributed by atoms with E-state index in [1.165, 1.54) is 11.1 Å². The van der Waals surface area contributed by atoms with Gasteiger partial charge in [0, 0.05) is 11.0 Å². The highest BCUT2D eigenvalue weighted by atomic mass is 16.3. The summed E-state index contributed by atoms with van der Waals surface area (Å²) in [6.45, 7) is 8.49. The standard InChI is InChI=1S/C25H26O2/c1-17-6-5-7-21(14-17)25(3,4)23-16-20(10-13-24(23)27)18(2)15-19-8-11-22(26)12-9-19/h5-16,18,27H,1-4H3. The normalized spacial score (nSPS) is 15.1. The van der Waals surface area contributed by atoms with Gasteiger partial charge in [-0.25, -0.2) is 0 Å². The molecule has 0 fully saturated rings. The molecule has 27 heavy (non-hydrogen) atoms. The number of ketones is 1. The number of hydrogen-bond acceptors (Lipinski definition) is 2. The van der Waals surface area contributed by atoms with E-state index in [0.29, 0.717) is 5.75 Å². The summed E-state index contributed by atoms with van der Waals surface area (Å²) in [7, 11) is 0. The Morgan fingerprint density at radius 3 is 2.37 bits per heavy atom. The van der Waals surface area contributed by atoms with Crippen LogP contribution in [0, 0.1) is 6.92 Å². The number of aryl methyl sites for hydroxylation is 1. The van der Waals surface area contributed by atoms with Crippen LogP contribution in [0.4, 0.5) is 0 Å². The second-order valence-electron chi connectivity index (χ2n) is 7.80. The van der Waals surface area contributed by atoms with Crippen molar-refractivity contribution >= 4 is 5.78 Å². The van der Waals surface area contributed by atoms with E-state index in [1.54, 1.807) is 18.2 Å². The lowest BCUT2D eigenvalue weighted by Gasteiger charge is -2.28. The lowest BCUT2D eigenvalue weighted by Crippen LogP contribution is -2.19. The number of benzene rings is 2. The fourth-order valence-corrected chi connectivity index (χ4v) is 3.49. The number of rotatable bonds is 4. The quantitative estimate of drug-likeness (QED) is 0.755. The van der Waals surface area contributed by atoms with Crippen molar-refractivity contribution in [2.45, 2.75) is 39.0 Å². The first kappa shape index (κ1) is 18.9. The van der Waals surface area contributed by atoms with Crippen LogP contribution in [0.2, 0.25) is 0 Å². The van der Waals surface area contributed by atoms with E-state index in [4.69, 9.17) is 0 Å². The van der Waals surface area contributed by atoms with E-state index in [2.05, 4.69) is 64.1 Å². The van der Waals surface area contributed by atoms with Crippen LogP contribution in [0.1, 0.15) is 48.9 Å². The number of allylic oxidation sites excluding steroid dienone is 6.